The molecule has 0 amide bonds. The largest absolute Gasteiger partial charge is 0.392 e. The van der Waals surface area contributed by atoms with E-state index >= 15 is 0 Å². The zero-order valence-electron chi connectivity index (χ0n) is 5.88. The molecule has 3 N–H and O–H groups in total. The number of aliphatic hydroxyl groups excluding tert-OH is 1. The molecule has 0 radical (unpaired) electrons. The lowest BCUT2D eigenvalue weighted by Crippen LogP contribution is -2.43. The number of hydrogen-bond acceptors (Lipinski definition) is 2. The monoisotopic (exact) mass is 129 g/mol. The maximum Gasteiger partial charge on any atom is 0.0693 e. The molecule has 3 atom stereocenters. The zero-order chi connectivity index (χ0) is 6.85. The molecule has 0 aromatic rings. The van der Waals surface area contributed by atoms with Gasteiger partial charge >= 0.3 is 0 Å². The Morgan fingerprint density at radius 2 is 2.11 bits per heavy atom. The van der Waals surface area contributed by atoms with Crippen LogP contribution in [-0.4, -0.2) is 17.3 Å². The maximum atomic E-state index is 9.22. The number of nitrogens with two attached hydrogens (primary N) is 1. The van der Waals surface area contributed by atoms with Crippen LogP contribution in [-0.2, 0) is 0 Å². The van der Waals surface area contributed by atoms with E-state index in [0.717, 1.165) is 12.8 Å². The molecule has 1 aliphatic rings. The molecule has 0 spiro atoms. The smallest absolute Gasteiger partial charge is 0.0693 e. The quantitative estimate of drug-likeness (QED) is 0.500. The molecule has 1 aliphatic carbocycles. The predicted octanol–water partition coefficient (Wildman–Crippen LogP) is 0.495. The highest BCUT2D eigenvalue weighted by Gasteiger charge is 2.25. The lowest BCUT2D eigenvalue weighted by atomic mass is 9.84. The van der Waals surface area contributed by atoms with E-state index in [1.54, 1.807) is 0 Å². The summed E-state index contributed by atoms with van der Waals surface area (Å²) in [6, 6.07) is 0.0266. The molecular weight excluding hydrogens is 114 g/mol. The van der Waals surface area contributed by atoms with Crippen LogP contribution in [0.25, 0.3) is 0 Å². The van der Waals surface area contributed by atoms with Crippen molar-refractivity contribution in [3.63, 3.8) is 0 Å². The van der Waals surface area contributed by atoms with E-state index in [1.807, 2.05) is 0 Å². The summed E-state index contributed by atoms with van der Waals surface area (Å²) in [5, 5.41) is 9.22. The molecule has 0 saturated heterocycles. The van der Waals surface area contributed by atoms with E-state index < -0.39 is 0 Å². The Hall–Kier alpha value is -0.0800. The van der Waals surface area contributed by atoms with Crippen molar-refractivity contribution in [1.82, 2.24) is 0 Å². The number of aliphatic hydroxyl groups is 1. The highest BCUT2D eigenvalue weighted by molar-refractivity contribution is 4.81. The Kier molecular flexibility index (Phi) is 2.09. The van der Waals surface area contributed by atoms with Crippen LogP contribution in [0.3, 0.4) is 0 Å². The number of hydrogen-bond donors (Lipinski definition) is 2. The van der Waals surface area contributed by atoms with Crippen molar-refractivity contribution in [3.05, 3.63) is 0 Å². The second kappa shape index (κ2) is 2.67. The van der Waals surface area contributed by atoms with Gasteiger partial charge in [-0.2, -0.15) is 0 Å². The van der Waals surface area contributed by atoms with Crippen molar-refractivity contribution in [2.45, 2.75) is 38.3 Å². The summed E-state index contributed by atoms with van der Waals surface area (Å²) in [4.78, 5) is 0. The van der Waals surface area contributed by atoms with Gasteiger partial charge in [0.1, 0.15) is 0 Å². The molecule has 1 fully saturated rings. The van der Waals surface area contributed by atoms with Gasteiger partial charge in [0, 0.05) is 6.04 Å². The summed E-state index contributed by atoms with van der Waals surface area (Å²) < 4.78 is 0. The van der Waals surface area contributed by atoms with E-state index in [-0.39, 0.29) is 12.1 Å². The Labute approximate surface area is 56.1 Å². The molecule has 0 bridgehead atoms. The Morgan fingerprint density at radius 1 is 1.44 bits per heavy atom. The first-order valence-corrected chi connectivity index (χ1v) is 3.65. The standard InChI is InChI=1S/C7H15NO/c1-5-3-2-4-6(9)7(5)8/h5-7,9H,2-4,8H2,1H3. The summed E-state index contributed by atoms with van der Waals surface area (Å²) in [5.41, 5.74) is 5.67. The van der Waals surface area contributed by atoms with Gasteiger partial charge in [-0.1, -0.05) is 13.3 Å². The van der Waals surface area contributed by atoms with Crippen LogP contribution < -0.4 is 5.73 Å². The van der Waals surface area contributed by atoms with E-state index in [0.29, 0.717) is 5.92 Å². The maximum absolute atomic E-state index is 9.22. The average molecular weight is 129 g/mol. The van der Waals surface area contributed by atoms with E-state index in [2.05, 4.69) is 6.92 Å². The second-order valence-corrected chi connectivity index (χ2v) is 3.05. The highest BCUT2D eigenvalue weighted by atomic mass is 16.3. The van der Waals surface area contributed by atoms with Crippen molar-refractivity contribution in [2.75, 3.05) is 0 Å². The molecule has 0 aliphatic heterocycles. The molecule has 9 heavy (non-hydrogen) atoms. The SMILES string of the molecule is CC1CCCC(O)C1N. The Balaban J connectivity index is 2.41. The lowest BCUT2D eigenvalue weighted by Gasteiger charge is -2.29. The van der Waals surface area contributed by atoms with E-state index in [1.165, 1.54) is 6.42 Å². The molecule has 2 heteroatoms. The lowest BCUT2D eigenvalue weighted by molar-refractivity contribution is 0.0817. The van der Waals surface area contributed by atoms with Crippen LogP contribution in [0.2, 0.25) is 0 Å². The minimum atomic E-state index is -0.242. The summed E-state index contributed by atoms with van der Waals surface area (Å²) in [7, 11) is 0. The van der Waals surface area contributed by atoms with Crippen molar-refractivity contribution in [1.29, 1.82) is 0 Å². The highest BCUT2D eigenvalue weighted by Crippen LogP contribution is 2.22. The first kappa shape index (κ1) is 7.03. The molecular formula is C7H15NO. The molecule has 0 aromatic carbocycles. The van der Waals surface area contributed by atoms with Gasteiger partial charge in [0.2, 0.25) is 0 Å². The van der Waals surface area contributed by atoms with Crippen LogP contribution in [0.5, 0.6) is 0 Å². The minimum Gasteiger partial charge on any atom is -0.392 e. The van der Waals surface area contributed by atoms with Crippen molar-refractivity contribution in [2.24, 2.45) is 11.7 Å². The van der Waals surface area contributed by atoms with Crippen molar-refractivity contribution in [3.8, 4) is 0 Å². The fourth-order valence-corrected chi connectivity index (χ4v) is 1.41. The normalized spacial score (nSPS) is 45.0. The minimum absolute atomic E-state index is 0.0266. The van der Waals surface area contributed by atoms with E-state index in [4.69, 9.17) is 5.73 Å². The van der Waals surface area contributed by atoms with Gasteiger partial charge in [-0.05, 0) is 18.8 Å². The first-order chi connectivity index (χ1) is 4.22. The van der Waals surface area contributed by atoms with Gasteiger partial charge < -0.3 is 10.8 Å². The van der Waals surface area contributed by atoms with Crippen LogP contribution in [0.4, 0.5) is 0 Å². The van der Waals surface area contributed by atoms with Gasteiger partial charge in [-0.3, -0.25) is 0 Å². The molecule has 1 rings (SSSR count). The van der Waals surface area contributed by atoms with Crippen LogP contribution in [0.15, 0.2) is 0 Å². The summed E-state index contributed by atoms with van der Waals surface area (Å²) in [6.07, 6.45) is 2.97. The predicted molar refractivity (Wildman–Crippen MR) is 37.0 cm³/mol. The number of rotatable bonds is 0. The van der Waals surface area contributed by atoms with Crippen molar-refractivity contribution >= 4 is 0 Å². The third kappa shape index (κ3) is 1.43. The Bertz CT molecular complexity index is 84.9. The average Bonchev–Trinajstić information content (AvgIpc) is 1.83. The van der Waals surface area contributed by atoms with Gasteiger partial charge in [0.05, 0.1) is 6.10 Å². The van der Waals surface area contributed by atoms with E-state index in [9.17, 15) is 5.11 Å². The zero-order valence-corrected chi connectivity index (χ0v) is 5.88. The molecule has 54 valence electrons. The van der Waals surface area contributed by atoms with Crippen LogP contribution in [0.1, 0.15) is 26.2 Å². The Morgan fingerprint density at radius 3 is 2.56 bits per heavy atom. The molecule has 2 nitrogen and oxygen atoms in total. The topological polar surface area (TPSA) is 46.2 Å². The molecule has 3 unspecified atom stereocenters. The third-order valence-corrected chi connectivity index (χ3v) is 2.26. The summed E-state index contributed by atoms with van der Waals surface area (Å²) >= 11 is 0. The van der Waals surface area contributed by atoms with Crippen molar-refractivity contribution < 1.29 is 5.11 Å². The van der Waals surface area contributed by atoms with Crippen LogP contribution in [0, 0.1) is 5.92 Å². The molecule has 1 saturated carbocycles. The van der Waals surface area contributed by atoms with Gasteiger partial charge in [-0.25, -0.2) is 0 Å². The first-order valence-electron chi connectivity index (χ1n) is 3.65. The van der Waals surface area contributed by atoms with Gasteiger partial charge in [0.25, 0.3) is 0 Å². The van der Waals surface area contributed by atoms with Crippen LogP contribution >= 0.6 is 0 Å². The van der Waals surface area contributed by atoms with Gasteiger partial charge in [0.15, 0.2) is 0 Å². The molecule has 0 aromatic heterocycles. The summed E-state index contributed by atoms with van der Waals surface area (Å²) in [6.45, 7) is 2.10. The fraction of sp³-hybridized carbons (Fsp3) is 1.00. The molecule has 0 heterocycles. The second-order valence-electron chi connectivity index (χ2n) is 3.05. The van der Waals surface area contributed by atoms with Gasteiger partial charge in [-0.15, -0.1) is 0 Å². The fourth-order valence-electron chi connectivity index (χ4n) is 1.41. The summed E-state index contributed by atoms with van der Waals surface area (Å²) in [5.74, 6) is 0.508. The third-order valence-electron chi connectivity index (χ3n) is 2.26.